The molecule has 0 radical (unpaired) electrons. The van der Waals surface area contributed by atoms with Crippen LogP contribution in [-0.2, 0) is 11.1 Å². The molecule has 0 spiro atoms. The van der Waals surface area contributed by atoms with Crippen LogP contribution in [0.15, 0.2) is 47.9 Å². The fourth-order valence-electron chi connectivity index (χ4n) is 1.16. The standard InChI is InChI=1S/C11H12O2S/c1-3-9(4-2)10-5-7-11(8-6-10)14(12)13/h3-8H,1H2,2H3,(H,12,13)/p-1. The molecule has 3 heteroatoms. The lowest BCUT2D eigenvalue weighted by molar-refractivity contribution is 0.537. The van der Waals surface area contributed by atoms with E-state index in [1.54, 1.807) is 30.3 Å². The van der Waals surface area contributed by atoms with Crippen molar-refractivity contribution in [3.63, 3.8) is 0 Å². The SMILES string of the molecule is C=CC(=CC)c1ccc(S(=O)[O-])cc1. The molecule has 0 aliphatic heterocycles. The van der Waals surface area contributed by atoms with E-state index in [2.05, 4.69) is 6.58 Å². The molecule has 2 nitrogen and oxygen atoms in total. The molecule has 0 aromatic heterocycles. The summed E-state index contributed by atoms with van der Waals surface area (Å²) in [6, 6.07) is 6.68. The molecule has 0 amide bonds. The van der Waals surface area contributed by atoms with Gasteiger partial charge in [-0.05, 0) is 41.3 Å². The minimum absolute atomic E-state index is 0.299. The molecule has 0 aliphatic rings. The predicted octanol–water partition coefficient (Wildman–Crippen LogP) is 2.51. The van der Waals surface area contributed by atoms with Gasteiger partial charge >= 0.3 is 0 Å². The molecule has 0 saturated carbocycles. The van der Waals surface area contributed by atoms with Gasteiger partial charge in [-0.15, -0.1) is 0 Å². The molecule has 0 heterocycles. The third-order valence-electron chi connectivity index (χ3n) is 1.91. The lowest BCUT2D eigenvalue weighted by atomic mass is 10.1. The first-order chi connectivity index (χ1) is 6.69. The molecule has 74 valence electrons. The smallest absolute Gasteiger partial charge is 0.0249 e. The van der Waals surface area contributed by atoms with Crippen molar-refractivity contribution in [1.29, 1.82) is 0 Å². The molecule has 1 rings (SSSR count). The van der Waals surface area contributed by atoms with E-state index in [1.807, 2.05) is 13.0 Å². The Morgan fingerprint density at radius 1 is 1.43 bits per heavy atom. The van der Waals surface area contributed by atoms with Crippen LogP contribution in [0.25, 0.3) is 5.57 Å². The van der Waals surface area contributed by atoms with Crippen molar-refractivity contribution in [3.8, 4) is 0 Å². The Bertz CT molecular complexity index is 377. The van der Waals surface area contributed by atoms with Crippen LogP contribution in [0.5, 0.6) is 0 Å². The lowest BCUT2D eigenvalue weighted by Crippen LogP contribution is -1.88. The van der Waals surface area contributed by atoms with Crippen LogP contribution in [0.4, 0.5) is 0 Å². The molecular weight excluding hydrogens is 196 g/mol. The van der Waals surface area contributed by atoms with E-state index in [0.29, 0.717) is 4.90 Å². The maximum atomic E-state index is 10.6. The van der Waals surface area contributed by atoms with Gasteiger partial charge in [0.15, 0.2) is 0 Å². The number of rotatable bonds is 3. The summed E-state index contributed by atoms with van der Waals surface area (Å²) >= 11 is -2.15. The molecule has 0 N–H and O–H groups in total. The summed E-state index contributed by atoms with van der Waals surface area (Å²) in [5.41, 5.74) is 1.96. The molecule has 1 aromatic carbocycles. The van der Waals surface area contributed by atoms with E-state index in [1.165, 1.54) is 0 Å². The van der Waals surface area contributed by atoms with Gasteiger partial charge in [0.25, 0.3) is 0 Å². The summed E-state index contributed by atoms with van der Waals surface area (Å²) in [5, 5.41) is 0. The van der Waals surface area contributed by atoms with Crippen LogP contribution >= 0.6 is 0 Å². The summed E-state index contributed by atoms with van der Waals surface area (Å²) in [6.07, 6.45) is 3.67. The first kappa shape index (κ1) is 10.9. The second-order valence-corrected chi connectivity index (χ2v) is 3.65. The Morgan fingerprint density at radius 2 is 2.00 bits per heavy atom. The average Bonchev–Trinajstić information content (AvgIpc) is 2.20. The summed E-state index contributed by atoms with van der Waals surface area (Å²) in [4.78, 5) is 0.299. The Balaban J connectivity index is 3.05. The largest absolute Gasteiger partial charge is 0.768 e. The molecule has 0 saturated heterocycles. The zero-order valence-electron chi connectivity index (χ0n) is 7.90. The van der Waals surface area contributed by atoms with Crippen molar-refractivity contribution in [2.24, 2.45) is 0 Å². The number of hydrogen-bond donors (Lipinski definition) is 0. The first-order valence-electron chi connectivity index (χ1n) is 4.17. The van der Waals surface area contributed by atoms with Crippen molar-refractivity contribution >= 4 is 16.7 Å². The molecule has 1 aromatic rings. The maximum absolute atomic E-state index is 10.6. The number of hydrogen-bond acceptors (Lipinski definition) is 2. The van der Waals surface area contributed by atoms with Crippen molar-refractivity contribution in [1.82, 2.24) is 0 Å². The minimum atomic E-state index is -2.15. The molecule has 0 aliphatic carbocycles. The van der Waals surface area contributed by atoms with Crippen LogP contribution in [0.3, 0.4) is 0 Å². The summed E-state index contributed by atoms with van der Waals surface area (Å²) in [5.74, 6) is 0. The third kappa shape index (κ3) is 2.40. The topological polar surface area (TPSA) is 40.1 Å². The van der Waals surface area contributed by atoms with Crippen molar-refractivity contribution in [2.75, 3.05) is 0 Å². The van der Waals surface area contributed by atoms with Gasteiger partial charge in [-0.2, -0.15) is 0 Å². The van der Waals surface area contributed by atoms with Crippen LogP contribution in [0, 0.1) is 0 Å². The van der Waals surface area contributed by atoms with Gasteiger partial charge in [0.2, 0.25) is 0 Å². The van der Waals surface area contributed by atoms with Gasteiger partial charge in [0.05, 0.1) is 0 Å². The van der Waals surface area contributed by atoms with Crippen molar-refractivity contribution in [3.05, 3.63) is 48.6 Å². The van der Waals surface area contributed by atoms with Crippen molar-refractivity contribution < 1.29 is 8.76 Å². The highest BCUT2D eigenvalue weighted by Gasteiger charge is 1.96. The quantitative estimate of drug-likeness (QED) is 0.564. The van der Waals surface area contributed by atoms with Crippen molar-refractivity contribution in [2.45, 2.75) is 11.8 Å². The molecule has 0 fully saturated rings. The Hall–Kier alpha value is -1.19. The van der Waals surface area contributed by atoms with E-state index in [9.17, 15) is 8.76 Å². The van der Waals surface area contributed by atoms with Gasteiger partial charge in [-0.1, -0.05) is 30.9 Å². The van der Waals surface area contributed by atoms with E-state index in [-0.39, 0.29) is 0 Å². The summed E-state index contributed by atoms with van der Waals surface area (Å²) in [7, 11) is 0. The average molecular weight is 207 g/mol. The van der Waals surface area contributed by atoms with Crippen LogP contribution in [0.1, 0.15) is 12.5 Å². The molecule has 1 atom stereocenters. The number of allylic oxidation sites excluding steroid dienone is 3. The second kappa shape index (κ2) is 4.88. The van der Waals surface area contributed by atoms with Gasteiger partial charge in [0.1, 0.15) is 0 Å². The van der Waals surface area contributed by atoms with E-state index in [4.69, 9.17) is 0 Å². The second-order valence-electron chi connectivity index (χ2n) is 2.71. The van der Waals surface area contributed by atoms with Gasteiger partial charge in [-0.25, -0.2) is 0 Å². The molecule has 0 bridgehead atoms. The Labute approximate surface area is 86.3 Å². The van der Waals surface area contributed by atoms with E-state index >= 15 is 0 Å². The zero-order valence-corrected chi connectivity index (χ0v) is 8.71. The molecule has 1 unspecified atom stereocenters. The first-order valence-corrected chi connectivity index (χ1v) is 5.25. The molecular formula is C11H11O2S-. The normalized spacial score (nSPS) is 13.7. The Morgan fingerprint density at radius 3 is 2.36 bits per heavy atom. The highest BCUT2D eigenvalue weighted by atomic mass is 32.2. The van der Waals surface area contributed by atoms with E-state index in [0.717, 1.165) is 11.1 Å². The number of benzene rings is 1. The van der Waals surface area contributed by atoms with Crippen LogP contribution < -0.4 is 0 Å². The highest BCUT2D eigenvalue weighted by molar-refractivity contribution is 7.79. The highest BCUT2D eigenvalue weighted by Crippen LogP contribution is 2.16. The summed E-state index contributed by atoms with van der Waals surface area (Å²) < 4.78 is 21.2. The summed E-state index contributed by atoms with van der Waals surface area (Å²) in [6.45, 7) is 5.59. The van der Waals surface area contributed by atoms with Gasteiger partial charge < -0.3 is 4.55 Å². The maximum Gasteiger partial charge on any atom is 0.0249 e. The Kier molecular flexibility index (Phi) is 3.80. The minimum Gasteiger partial charge on any atom is -0.768 e. The van der Waals surface area contributed by atoms with Crippen LogP contribution in [-0.4, -0.2) is 8.76 Å². The monoisotopic (exact) mass is 207 g/mol. The van der Waals surface area contributed by atoms with Gasteiger partial charge in [0, 0.05) is 4.90 Å². The lowest BCUT2D eigenvalue weighted by Gasteiger charge is -2.06. The van der Waals surface area contributed by atoms with Crippen LogP contribution in [0.2, 0.25) is 0 Å². The predicted molar refractivity (Wildman–Crippen MR) is 57.5 cm³/mol. The fraction of sp³-hybridized carbons (Fsp3) is 0.0909. The fourth-order valence-corrected chi connectivity index (χ4v) is 1.52. The van der Waals surface area contributed by atoms with E-state index < -0.39 is 11.1 Å². The molecule has 14 heavy (non-hydrogen) atoms. The van der Waals surface area contributed by atoms with Gasteiger partial charge in [-0.3, -0.25) is 4.21 Å². The third-order valence-corrected chi connectivity index (χ3v) is 2.57. The zero-order chi connectivity index (χ0) is 10.6.